The van der Waals surface area contributed by atoms with E-state index in [1.165, 1.54) is 0 Å². The molecule has 1 atom stereocenters. The predicted octanol–water partition coefficient (Wildman–Crippen LogP) is 2.26. The third kappa shape index (κ3) is 2.08. The van der Waals surface area contributed by atoms with E-state index in [2.05, 4.69) is 29.0 Å². The summed E-state index contributed by atoms with van der Waals surface area (Å²) in [5.74, 6) is 0.622. The lowest BCUT2D eigenvalue weighted by Gasteiger charge is -2.34. The lowest BCUT2D eigenvalue weighted by atomic mass is 10.0. The van der Waals surface area contributed by atoms with Crippen molar-refractivity contribution in [1.29, 1.82) is 0 Å². The number of nitrogens with zero attached hydrogens (tertiary/aromatic N) is 2. The standard InChI is InChI=1S/C14H19N3O/c1-10(2)12-9-17(8-7-15-12)14-16-11-5-3-4-6-13(11)18-14/h3-6,10,12,15H,7-9H2,1-2H3/t12-/m1/s1. The number of nitrogens with one attached hydrogen (secondary N) is 1. The number of benzene rings is 1. The molecule has 1 N–H and O–H groups in total. The summed E-state index contributed by atoms with van der Waals surface area (Å²) in [6.07, 6.45) is 0. The van der Waals surface area contributed by atoms with Gasteiger partial charge < -0.3 is 14.6 Å². The van der Waals surface area contributed by atoms with E-state index in [0.29, 0.717) is 12.0 Å². The number of fused-ring (bicyclic) bond motifs is 1. The Kier molecular flexibility index (Phi) is 2.96. The van der Waals surface area contributed by atoms with Crippen LogP contribution in [0.2, 0.25) is 0 Å². The molecular weight excluding hydrogens is 226 g/mol. The Hall–Kier alpha value is -1.55. The van der Waals surface area contributed by atoms with Gasteiger partial charge in [-0.15, -0.1) is 0 Å². The number of hydrogen-bond acceptors (Lipinski definition) is 4. The number of para-hydroxylation sites is 2. The number of anilines is 1. The quantitative estimate of drug-likeness (QED) is 0.881. The van der Waals surface area contributed by atoms with Crippen LogP contribution in [0.3, 0.4) is 0 Å². The van der Waals surface area contributed by atoms with Crippen LogP contribution < -0.4 is 10.2 Å². The Balaban J connectivity index is 1.85. The highest BCUT2D eigenvalue weighted by molar-refractivity contribution is 5.74. The third-order valence-electron chi connectivity index (χ3n) is 3.56. The van der Waals surface area contributed by atoms with Gasteiger partial charge in [0, 0.05) is 25.7 Å². The zero-order chi connectivity index (χ0) is 12.5. The van der Waals surface area contributed by atoms with Crippen LogP contribution in [0.15, 0.2) is 28.7 Å². The summed E-state index contributed by atoms with van der Waals surface area (Å²) in [7, 11) is 0. The van der Waals surface area contributed by atoms with E-state index < -0.39 is 0 Å². The number of hydrogen-bond donors (Lipinski definition) is 1. The number of rotatable bonds is 2. The summed E-state index contributed by atoms with van der Waals surface area (Å²) < 4.78 is 5.82. The summed E-state index contributed by atoms with van der Waals surface area (Å²) in [6, 6.07) is 9.19. The van der Waals surface area contributed by atoms with Crippen molar-refractivity contribution in [2.24, 2.45) is 5.92 Å². The minimum absolute atomic E-state index is 0.508. The molecule has 2 heterocycles. The van der Waals surface area contributed by atoms with Crippen molar-refractivity contribution in [3.8, 4) is 0 Å². The summed E-state index contributed by atoms with van der Waals surface area (Å²) in [4.78, 5) is 6.80. The summed E-state index contributed by atoms with van der Waals surface area (Å²) in [5, 5.41) is 3.54. The van der Waals surface area contributed by atoms with E-state index in [4.69, 9.17) is 4.42 Å². The molecule has 0 aliphatic carbocycles. The van der Waals surface area contributed by atoms with Gasteiger partial charge in [-0.05, 0) is 18.1 Å². The summed E-state index contributed by atoms with van der Waals surface area (Å²) in [6.45, 7) is 7.39. The molecule has 18 heavy (non-hydrogen) atoms. The van der Waals surface area contributed by atoms with Gasteiger partial charge in [0.25, 0.3) is 6.01 Å². The largest absolute Gasteiger partial charge is 0.423 e. The third-order valence-corrected chi connectivity index (χ3v) is 3.56. The SMILES string of the molecule is CC(C)[C@H]1CN(c2nc3ccccc3o2)CCN1. The molecule has 1 fully saturated rings. The fourth-order valence-corrected chi connectivity index (χ4v) is 2.39. The average molecular weight is 245 g/mol. The Labute approximate surface area is 107 Å². The Morgan fingerprint density at radius 1 is 1.39 bits per heavy atom. The Bertz CT molecular complexity index is 502. The van der Waals surface area contributed by atoms with Gasteiger partial charge in [0.2, 0.25) is 0 Å². The molecule has 0 amide bonds. The fourth-order valence-electron chi connectivity index (χ4n) is 2.39. The number of oxazole rings is 1. The van der Waals surface area contributed by atoms with Gasteiger partial charge in [-0.25, -0.2) is 0 Å². The van der Waals surface area contributed by atoms with Gasteiger partial charge in [-0.3, -0.25) is 0 Å². The first-order chi connectivity index (χ1) is 8.74. The van der Waals surface area contributed by atoms with E-state index in [0.717, 1.165) is 36.7 Å². The molecule has 1 aromatic heterocycles. The van der Waals surface area contributed by atoms with Gasteiger partial charge in [0.05, 0.1) is 0 Å². The first kappa shape index (κ1) is 11.5. The second-order valence-electron chi connectivity index (χ2n) is 5.21. The minimum atomic E-state index is 0.508. The molecule has 0 spiro atoms. The van der Waals surface area contributed by atoms with E-state index in [1.54, 1.807) is 0 Å². The van der Waals surface area contributed by atoms with Crippen LogP contribution in [0.4, 0.5) is 6.01 Å². The summed E-state index contributed by atoms with van der Waals surface area (Å²) >= 11 is 0. The van der Waals surface area contributed by atoms with E-state index in [-0.39, 0.29) is 0 Å². The molecule has 2 aromatic rings. The van der Waals surface area contributed by atoms with Crippen molar-refractivity contribution in [2.75, 3.05) is 24.5 Å². The second-order valence-corrected chi connectivity index (χ2v) is 5.21. The van der Waals surface area contributed by atoms with Gasteiger partial charge in [-0.1, -0.05) is 26.0 Å². The predicted molar refractivity (Wildman–Crippen MR) is 72.9 cm³/mol. The molecule has 3 rings (SSSR count). The minimum Gasteiger partial charge on any atom is -0.423 e. The zero-order valence-electron chi connectivity index (χ0n) is 10.9. The molecule has 4 nitrogen and oxygen atoms in total. The van der Waals surface area contributed by atoms with Crippen molar-refractivity contribution >= 4 is 17.1 Å². The second kappa shape index (κ2) is 4.61. The van der Waals surface area contributed by atoms with Crippen LogP contribution in [-0.2, 0) is 0 Å². The first-order valence-electron chi connectivity index (χ1n) is 6.58. The lowest BCUT2D eigenvalue weighted by molar-refractivity contribution is 0.357. The van der Waals surface area contributed by atoms with Crippen molar-refractivity contribution in [2.45, 2.75) is 19.9 Å². The molecule has 1 saturated heterocycles. The molecule has 0 unspecified atom stereocenters. The highest BCUT2D eigenvalue weighted by Gasteiger charge is 2.24. The van der Waals surface area contributed by atoms with E-state index in [1.807, 2.05) is 24.3 Å². The normalized spacial score (nSPS) is 20.8. The monoisotopic (exact) mass is 245 g/mol. The molecule has 1 aromatic carbocycles. The average Bonchev–Trinajstić information content (AvgIpc) is 2.82. The highest BCUT2D eigenvalue weighted by atomic mass is 16.4. The molecular formula is C14H19N3O. The number of piperazine rings is 1. The van der Waals surface area contributed by atoms with Crippen LogP contribution in [0.5, 0.6) is 0 Å². The Morgan fingerprint density at radius 3 is 3.00 bits per heavy atom. The van der Waals surface area contributed by atoms with E-state index in [9.17, 15) is 0 Å². The maximum absolute atomic E-state index is 5.82. The van der Waals surface area contributed by atoms with Crippen LogP contribution in [0.25, 0.3) is 11.1 Å². The number of aromatic nitrogens is 1. The van der Waals surface area contributed by atoms with Crippen LogP contribution in [0.1, 0.15) is 13.8 Å². The molecule has 1 aliphatic rings. The van der Waals surface area contributed by atoms with Crippen molar-refractivity contribution in [3.63, 3.8) is 0 Å². The van der Waals surface area contributed by atoms with Crippen molar-refractivity contribution in [3.05, 3.63) is 24.3 Å². The van der Waals surface area contributed by atoms with E-state index >= 15 is 0 Å². The topological polar surface area (TPSA) is 41.3 Å². The molecule has 0 bridgehead atoms. The lowest BCUT2D eigenvalue weighted by Crippen LogP contribution is -2.53. The fraction of sp³-hybridized carbons (Fsp3) is 0.500. The van der Waals surface area contributed by atoms with Crippen LogP contribution in [-0.4, -0.2) is 30.7 Å². The van der Waals surface area contributed by atoms with Gasteiger partial charge >= 0.3 is 0 Å². The van der Waals surface area contributed by atoms with Gasteiger partial charge in [0.15, 0.2) is 5.58 Å². The van der Waals surface area contributed by atoms with Gasteiger partial charge in [-0.2, -0.15) is 4.98 Å². The zero-order valence-corrected chi connectivity index (χ0v) is 10.9. The smallest absolute Gasteiger partial charge is 0.298 e. The summed E-state index contributed by atoms with van der Waals surface area (Å²) in [5.41, 5.74) is 1.80. The molecule has 0 saturated carbocycles. The molecule has 1 aliphatic heterocycles. The van der Waals surface area contributed by atoms with Crippen molar-refractivity contribution in [1.82, 2.24) is 10.3 Å². The van der Waals surface area contributed by atoms with Crippen LogP contribution in [0, 0.1) is 5.92 Å². The molecule has 4 heteroatoms. The molecule has 0 radical (unpaired) electrons. The van der Waals surface area contributed by atoms with Crippen molar-refractivity contribution < 1.29 is 4.42 Å². The van der Waals surface area contributed by atoms with Gasteiger partial charge in [0.1, 0.15) is 5.52 Å². The Morgan fingerprint density at radius 2 is 2.22 bits per heavy atom. The maximum atomic E-state index is 5.82. The highest BCUT2D eigenvalue weighted by Crippen LogP contribution is 2.23. The van der Waals surface area contributed by atoms with Crippen LogP contribution >= 0.6 is 0 Å². The molecule has 96 valence electrons. The first-order valence-corrected chi connectivity index (χ1v) is 6.58. The maximum Gasteiger partial charge on any atom is 0.298 e.